The van der Waals surface area contributed by atoms with Crippen LogP contribution in [-0.2, 0) is 12.7 Å². The van der Waals surface area contributed by atoms with Crippen LogP contribution in [0.3, 0.4) is 0 Å². The van der Waals surface area contributed by atoms with E-state index in [1.165, 1.54) is 12.1 Å². The number of halogens is 3. The molecule has 0 aliphatic heterocycles. The van der Waals surface area contributed by atoms with Crippen molar-refractivity contribution in [2.45, 2.75) is 39.4 Å². The fourth-order valence-electron chi connectivity index (χ4n) is 2.11. The second-order valence-electron chi connectivity index (χ2n) is 4.53. The van der Waals surface area contributed by atoms with Gasteiger partial charge < -0.3 is 10.6 Å². The minimum Gasteiger partial charge on any atom is -0.372 e. The minimum absolute atomic E-state index is 0.101. The number of rotatable bonds is 6. The lowest BCUT2D eigenvalue weighted by Gasteiger charge is -2.25. The van der Waals surface area contributed by atoms with E-state index >= 15 is 0 Å². The normalized spacial score (nSPS) is 11.7. The van der Waals surface area contributed by atoms with Gasteiger partial charge in [0.05, 0.1) is 5.56 Å². The maximum Gasteiger partial charge on any atom is 0.416 e. The summed E-state index contributed by atoms with van der Waals surface area (Å²) in [6.45, 7) is 5.44. The second-order valence-corrected chi connectivity index (χ2v) is 4.53. The summed E-state index contributed by atoms with van der Waals surface area (Å²) in [4.78, 5) is 1.98. The van der Waals surface area contributed by atoms with E-state index in [0.29, 0.717) is 5.69 Å². The van der Waals surface area contributed by atoms with Gasteiger partial charge in [-0.2, -0.15) is 13.2 Å². The maximum absolute atomic E-state index is 13.0. The first-order chi connectivity index (χ1) is 8.93. The zero-order chi connectivity index (χ0) is 14.5. The van der Waals surface area contributed by atoms with Gasteiger partial charge in [-0.25, -0.2) is 0 Å². The molecular formula is C14H21F3N2. The van der Waals surface area contributed by atoms with Crippen molar-refractivity contribution in [3.63, 3.8) is 0 Å². The van der Waals surface area contributed by atoms with E-state index in [1.54, 1.807) is 6.07 Å². The monoisotopic (exact) mass is 274 g/mol. The summed E-state index contributed by atoms with van der Waals surface area (Å²) >= 11 is 0. The van der Waals surface area contributed by atoms with Gasteiger partial charge in [0.25, 0.3) is 0 Å². The number of nitrogens with zero attached hydrogens (tertiary/aromatic N) is 1. The smallest absolute Gasteiger partial charge is 0.372 e. The van der Waals surface area contributed by atoms with Gasteiger partial charge >= 0.3 is 6.18 Å². The lowest BCUT2D eigenvalue weighted by molar-refractivity contribution is -0.138. The third-order valence-corrected chi connectivity index (χ3v) is 2.97. The molecule has 0 spiro atoms. The molecule has 5 heteroatoms. The number of benzene rings is 1. The molecule has 0 unspecified atom stereocenters. The molecule has 0 radical (unpaired) electrons. The molecule has 0 saturated heterocycles. The Balaban J connectivity index is 3.15. The Hall–Kier alpha value is -1.23. The first-order valence-electron chi connectivity index (χ1n) is 6.59. The van der Waals surface area contributed by atoms with Crippen LogP contribution >= 0.6 is 0 Å². The highest BCUT2D eigenvalue weighted by molar-refractivity contribution is 5.52. The summed E-state index contributed by atoms with van der Waals surface area (Å²) in [7, 11) is 0. The fourth-order valence-corrected chi connectivity index (χ4v) is 2.11. The van der Waals surface area contributed by atoms with Gasteiger partial charge in [0.1, 0.15) is 0 Å². The van der Waals surface area contributed by atoms with Crippen molar-refractivity contribution < 1.29 is 13.2 Å². The van der Waals surface area contributed by atoms with E-state index in [-0.39, 0.29) is 12.1 Å². The highest BCUT2D eigenvalue weighted by atomic mass is 19.4. The van der Waals surface area contributed by atoms with Gasteiger partial charge in [0.15, 0.2) is 0 Å². The quantitative estimate of drug-likeness (QED) is 0.855. The van der Waals surface area contributed by atoms with Crippen molar-refractivity contribution >= 4 is 5.69 Å². The molecule has 0 aliphatic carbocycles. The Morgan fingerprint density at radius 3 is 2.11 bits per heavy atom. The molecule has 0 amide bonds. The van der Waals surface area contributed by atoms with Crippen LogP contribution in [0.15, 0.2) is 18.2 Å². The van der Waals surface area contributed by atoms with Crippen molar-refractivity contribution in [1.82, 2.24) is 0 Å². The van der Waals surface area contributed by atoms with Crippen LogP contribution in [-0.4, -0.2) is 13.1 Å². The van der Waals surface area contributed by atoms with Crippen LogP contribution in [0.2, 0.25) is 0 Å². The highest BCUT2D eigenvalue weighted by Crippen LogP contribution is 2.34. The molecule has 0 aliphatic rings. The Labute approximate surface area is 112 Å². The van der Waals surface area contributed by atoms with Crippen LogP contribution in [0.5, 0.6) is 0 Å². The van der Waals surface area contributed by atoms with Gasteiger partial charge in [-0.1, -0.05) is 19.9 Å². The summed E-state index contributed by atoms with van der Waals surface area (Å²) in [6, 6.07) is 4.42. The van der Waals surface area contributed by atoms with Gasteiger partial charge in [0, 0.05) is 25.3 Å². The molecule has 19 heavy (non-hydrogen) atoms. The molecule has 1 rings (SSSR count). The lowest BCUT2D eigenvalue weighted by atomic mass is 10.1. The Morgan fingerprint density at radius 1 is 1.11 bits per heavy atom. The molecule has 0 saturated carbocycles. The van der Waals surface area contributed by atoms with Crippen molar-refractivity contribution in [3.8, 4) is 0 Å². The number of hydrogen-bond acceptors (Lipinski definition) is 2. The van der Waals surface area contributed by atoms with Gasteiger partial charge in [-0.05, 0) is 30.5 Å². The zero-order valence-electron chi connectivity index (χ0n) is 11.4. The molecule has 0 bridgehead atoms. The third-order valence-electron chi connectivity index (χ3n) is 2.97. The summed E-state index contributed by atoms with van der Waals surface area (Å²) in [5, 5.41) is 0. The molecule has 0 heterocycles. The Morgan fingerprint density at radius 2 is 1.68 bits per heavy atom. The molecule has 1 aromatic carbocycles. The average Bonchev–Trinajstić information content (AvgIpc) is 2.37. The molecule has 2 N–H and O–H groups in total. The van der Waals surface area contributed by atoms with Crippen molar-refractivity contribution in [1.29, 1.82) is 0 Å². The summed E-state index contributed by atoms with van der Waals surface area (Å²) < 4.78 is 38.9. The topological polar surface area (TPSA) is 29.3 Å². The predicted molar refractivity (Wildman–Crippen MR) is 72.1 cm³/mol. The van der Waals surface area contributed by atoms with Gasteiger partial charge in [-0.3, -0.25) is 0 Å². The van der Waals surface area contributed by atoms with Crippen molar-refractivity contribution in [3.05, 3.63) is 29.3 Å². The standard InChI is InChI=1S/C14H21F3N2/c1-3-7-19(8-4-2)12-6-5-11(10-18)13(9-12)14(15,16)17/h5-6,9H,3-4,7-8,10,18H2,1-2H3. The van der Waals surface area contributed by atoms with Crippen LogP contribution in [0.25, 0.3) is 0 Å². The highest BCUT2D eigenvalue weighted by Gasteiger charge is 2.33. The number of hydrogen-bond donors (Lipinski definition) is 1. The number of anilines is 1. The van der Waals surface area contributed by atoms with E-state index in [2.05, 4.69) is 0 Å². The molecule has 108 valence electrons. The first kappa shape index (κ1) is 15.8. The zero-order valence-corrected chi connectivity index (χ0v) is 11.4. The van der Waals surface area contributed by atoms with Crippen LogP contribution in [0.4, 0.5) is 18.9 Å². The first-order valence-corrected chi connectivity index (χ1v) is 6.59. The maximum atomic E-state index is 13.0. The van der Waals surface area contributed by atoms with E-state index in [1.807, 2.05) is 18.7 Å². The largest absolute Gasteiger partial charge is 0.416 e. The van der Waals surface area contributed by atoms with Crippen LogP contribution < -0.4 is 10.6 Å². The summed E-state index contributed by atoms with van der Waals surface area (Å²) in [5.74, 6) is 0. The average molecular weight is 274 g/mol. The third kappa shape index (κ3) is 4.13. The van der Waals surface area contributed by atoms with Crippen LogP contribution in [0.1, 0.15) is 37.8 Å². The Kier molecular flexibility index (Phi) is 5.66. The second kappa shape index (κ2) is 6.80. The van der Waals surface area contributed by atoms with Crippen molar-refractivity contribution in [2.75, 3.05) is 18.0 Å². The fraction of sp³-hybridized carbons (Fsp3) is 0.571. The predicted octanol–water partition coefficient (Wildman–Crippen LogP) is 3.79. The molecular weight excluding hydrogens is 253 g/mol. The van der Waals surface area contributed by atoms with E-state index in [0.717, 1.165) is 25.9 Å². The van der Waals surface area contributed by atoms with E-state index in [4.69, 9.17) is 5.73 Å². The molecule has 2 nitrogen and oxygen atoms in total. The van der Waals surface area contributed by atoms with E-state index in [9.17, 15) is 13.2 Å². The molecule has 0 fully saturated rings. The SMILES string of the molecule is CCCN(CCC)c1ccc(CN)c(C(F)(F)F)c1. The number of nitrogens with two attached hydrogens (primary N) is 1. The summed E-state index contributed by atoms with van der Waals surface area (Å²) in [6.07, 6.45) is -2.55. The summed E-state index contributed by atoms with van der Waals surface area (Å²) in [5.41, 5.74) is 5.52. The lowest BCUT2D eigenvalue weighted by Crippen LogP contribution is -2.25. The number of alkyl halides is 3. The Bertz CT molecular complexity index is 396. The van der Waals surface area contributed by atoms with E-state index < -0.39 is 11.7 Å². The van der Waals surface area contributed by atoms with Gasteiger partial charge in [-0.15, -0.1) is 0 Å². The molecule has 1 aromatic rings. The van der Waals surface area contributed by atoms with Crippen LogP contribution in [0, 0.1) is 0 Å². The molecule has 0 aromatic heterocycles. The molecule has 0 atom stereocenters. The minimum atomic E-state index is -4.35. The van der Waals surface area contributed by atoms with Gasteiger partial charge in [0.2, 0.25) is 0 Å². The van der Waals surface area contributed by atoms with Crippen molar-refractivity contribution in [2.24, 2.45) is 5.73 Å².